The zero-order chi connectivity index (χ0) is 14.9. The third-order valence-electron chi connectivity index (χ3n) is 4.60. The van der Waals surface area contributed by atoms with Crippen LogP contribution in [-0.2, 0) is 6.42 Å². The molecule has 2 aliphatic heterocycles. The van der Waals surface area contributed by atoms with Crippen LogP contribution in [0.4, 0.5) is 5.69 Å². The lowest BCUT2D eigenvalue weighted by atomic mass is 10.1. The minimum Gasteiger partial charge on any atom is -0.315 e. The Bertz CT molecular complexity index is 687. The van der Waals surface area contributed by atoms with Crippen molar-refractivity contribution in [2.24, 2.45) is 0 Å². The van der Waals surface area contributed by atoms with E-state index < -0.39 is 0 Å². The highest BCUT2D eigenvalue weighted by Gasteiger charge is 2.27. The Hall–Kier alpha value is -2.14. The highest BCUT2D eigenvalue weighted by atomic mass is 16.2. The topological polar surface area (TPSA) is 50.2 Å². The molecule has 1 aromatic heterocycles. The van der Waals surface area contributed by atoms with Crippen molar-refractivity contribution in [2.45, 2.75) is 25.3 Å². The number of amides is 1. The molecule has 1 saturated heterocycles. The standard InChI is InChI=1S/C17H20N4O/c22-17(20-10-7-13-4-1-2-6-16(13)20)15-8-11-21(19-15)14-5-3-9-18-12-14/h1-2,4,6,8,11,14,18H,3,5,7,9-10,12H2. The Labute approximate surface area is 129 Å². The second kappa shape index (κ2) is 5.57. The number of fused-ring (bicyclic) bond motifs is 1. The van der Waals surface area contributed by atoms with Crippen LogP contribution in [0.25, 0.3) is 0 Å². The second-order valence-corrected chi connectivity index (χ2v) is 6.02. The maximum absolute atomic E-state index is 12.7. The van der Waals surface area contributed by atoms with Crippen molar-refractivity contribution in [3.63, 3.8) is 0 Å². The summed E-state index contributed by atoms with van der Waals surface area (Å²) in [4.78, 5) is 14.6. The third-order valence-corrected chi connectivity index (χ3v) is 4.60. The number of hydrogen-bond acceptors (Lipinski definition) is 3. The number of hydrogen-bond donors (Lipinski definition) is 1. The van der Waals surface area contributed by atoms with Crippen LogP contribution >= 0.6 is 0 Å². The van der Waals surface area contributed by atoms with Crippen molar-refractivity contribution in [3.05, 3.63) is 47.8 Å². The van der Waals surface area contributed by atoms with E-state index in [2.05, 4.69) is 16.5 Å². The van der Waals surface area contributed by atoms with E-state index in [0.29, 0.717) is 11.7 Å². The summed E-state index contributed by atoms with van der Waals surface area (Å²) in [5.74, 6) is 0.00692. The molecule has 22 heavy (non-hydrogen) atoms. The highest BCUT2D eigenvalue weighted by Crippen LogP contribution is 2.28. The van der Waals surface area contributed by atoms with Crippen LogP contribution in [0, 0.1) is 0 Å². The average molecular weight is 296 g/mol. The van der Waals surface area contributed by atoms with E-state index in [1.54, 1.807) is 0 Å². The number of para-hydroxylation sites is 1. The number of anilines is 1. The fourth-order valence-corrected chi connectivity index (χ4v) is 3.40. The lowest BCUT2D eigenvalue weighted by molar-refractivity contribution is 0.0983. The number of carbonyl (C=O) groups is 1. The van der Waals surface area contributed by atoms with E-state index in [1.165, 1.54) is 5.56 Å². The molecule has 1 N–H and O–H groups in total. The maximum Gasteiger partial charge on any atom is 0.278 e. The second-order valence-electron chi connectivity index (χ2n) is 6.02. The number of benzene rings is 1. The zero-order valence-electron chi connectivity index (χ0n) is 12.5. The van der Waals surface area contributed by atoms with Crippen LogP contribution in [0.15, 0.2) is 36.5 Å². The van der Waals surface area contributed by atoms with E-state index in [1.807, 2.05) is 40.0 Å². The first-order valence-corrected chi connectivity index (χ1v) is 7.98. The van der Waals surface area contributed by atoms with Crippen LogP contribution in [-0.4, -0.2) is 35.3 Å². The summed E-state index contributed by atoms with van der Waals surface area (Å²) < 4.78 is 1.95. The van der Waals surface area contributed by atoms with Crippen molar-refractivity contribution in [3.8, 4) is 0 Å². The molecule has 1 unspecified atom stereocenters. The maximum atomic E-state index is 12.7. The highest BCUT2D eigenvalue weighted by molar-refractivity contribution is 6.05. The van der Waals surface area contributed by atoms with Crippen molar-refractivity contribution in [1.29, 1.82) is 0 Å². The summed E-state index contributed by atoms with van der Waals surface area (Å²) in [6, 6.07) is 10.3. The van der Waals surface area contributed by atoms with Crippen LogP contribution in [0.5, 0.6) is 0 Å². The number of carbonyl (C=O) groups excluding carboxylic acids is 1. The molecule has 2 aromatic rings. The quantitative estimate of drug-likeness (QED) is 0.922. The molecule has 0 saturated carbocycles. The van der Waals surface area contributed by atoms with E-state index in [4.69, 9.17) is 0 Å². The number of nitrogens with zero attached hydrogens (tertiary/aromatic N) is 3. The minimum absolute atomic E-state index is 0.00692. The van der Waals surface area contributed by atoms with E-state index >= 15 is 0 Å². The molecule has 2 aliphatic rings. The van der Waals surface area contributed by atoms with Gasteiger partial charge in [-0.2, -0.15) is 5.10 Å². The summed E-state index contributed by atoms with van der Waals surface area (Å²) >= 11 is 0. The van der Waals surface area contributed by atoms with Gasteiger partial charge < -0.3 is 10.2 Å². The van der Waals surface area contributed by atoms with Gasteiger partial charge in [-0.3, -0.25) is 9.48 Å². The fourth-order valence-electron chi connectivity index (χ4n) is 3.40. The molecule has 114 valence electrons. The van der Waals surface area contributed by atoms with E-state index in [-0.39, 0.29) is 5.91 Å². The van der Waals surface area contributed by atoms with Crippen molar-refractivity contribution < 1.29 is 4.79 Å². The molecule has 0 spiro atoms. The summed E-state index contributed by atoms with van der Waals surface area (Å²) in [5, 5.41) is 7.92. The number of nitrogens with one attached hydrogen (secondary N) is 1. The van der Waals surface area contributed by atoms with Gasteiger partial charge in [0.25, 0.3) is 5.91 Å². The first-order chi connectivity index (χ1) is 10.8. The van der Waals surface area contributed by atoms with Gasteiger partial charge in [-0.15, -0.1) is 0 Å². The SMILES string of the molecule is O=C(c1ccn(C2CCCNC2)n1)N1CCc2ccccc21. The lowest BCUT2D eigenvalue weighted by Gasteiger charge is -2.23. The molecule has 0 radical (unpaired) electrons. The molecule has 1 amide bonds. The summed E-state index contributed by atoms with van der Waals surface area (Å²) in [6.07, 6.45) is 5.14. The van der Waals surface area contributed by atoms with Crippen molar-refractivity contribution in [1.82, 2.24) is 15.1 Å². The molecular formula is C17H20N4O. The van der Waals surface area contributed by atoms with E-state index in [0.717, 1.165) is 44.6 Å². The number of piperidine rings is 1. The molecule has 3 heterocycles. The monoisotopic (exact) mass is 296 g/mol. The Morgan fingerprint density at radius 2 is 2.18 bits per heavy atom. The van der Waals surface area contributed by atoms with Gasteiger partial charge in [-0.1, -0.05) is 18.2 Å². The molecule has 0 aliphatic carbocycles. The first-order valence-electron chi connectivity index (χ1n) is 7.98. The van der Waals surface area contributed by atoms with Gasteiger partial charge in [0.1, 0.15) is 0 Å². The van der Waals surface area contributed by atoms with Crippen molar-refractivity contribution >= 4 is 11.6 Å². The van der Waals surface area contributed by atoms with Crippen LogP contribution in [0.3, 0.4) is 0 Å². The largest absolute Gasteiger partial charge is 0.315 e. The Morgan fingerprint density at radius 1 is 1.27 bits per heavy atom. The molecule has 1 aromatic carbocycles. The van der Waals surface area contributed by atoms with Gasteiger partial charge in [-0.25, -0.2) is 0 Å². The predicted octanol–water partition coefficient (Wildman–Crippen LogP) is 2.01. The van der Waals surface area contributed by atoms with Gasteiger partial charge in [-0.05, 0) is 43.5 Å². The van der Waals surface area contributed by atoms with Gasteiger partial charge in [0.2, 0.25) is 0 Å². The number of aromatic nitrogens is 2. The van der Waals surface area contributed by atoms with Crippen LogP contribution in [0.2, 0.25) is 0 Å². The normalized spacial score (nSPS) is 20.9. The third kappa shape index (κ3) is 2.31. The van der Waals surface area contributed by atoms with E-state index in [9.17, 15) is 4.79 Å². The average Bonchev–Trinajstić information content (AvgIpc) is 3.22. The van der Waals surface area contributed by atoms with Gasteiger partial charge in [0, 0.05) is 25.0 Å². The Morgan fingerprint density at radius 3 is 3.05 bits per heavy atom. The number of rotatable bonds is 2. The molecular weight excluding hydrogens is 276 g/mol. The minimum atomic E-state index is 0.00692. The fraction of sp³-hybridized carbons (Fsp3) is 0.412. The van der Waals surface area contributed by atoms with Gasteiger partial charge in [0.05, 0.1) is 6.04 Å². The van der Waals surface area contributed by atoms with Gasteiger partial charge in [0.15, 0.2) is 5.69 Å². The summed E-state index contributed by atoms with van der Waals surface area (Å²) in [7, 11) is 0. The summed E-state index contributed by atoms with van der Waals surface area (Å²) in [6.45, 7) is 2.76. The first kappa shape index (κ1) is 13.5. The molecule has 1 fully saturated rings. The lowest BCUT2D eigenvalue weighted by Crippen LogP contribution is -2.32. The van der Waals surface area contributed by atoms with Gasteiger partial charge >= 0.3 is 0 Å². The molecule has 5 nitrogen and oxygen atoms in total. The predicted molar refractivity (Wildman–Crippen MR) is 85.2 cm³/mol. The Balaban J connectivity index is 1.55. The molecule has 0 bridgehead atoms. The van der Waals surface area contributed by atoms with Crippen LogP contribution in [0.1, 0.15) is 34.9 Å². The smallest absolute Gasteiger partial charge is 0.278 e. The Kier molecular flexibility index (Phi) is 3.42. The molecule has 5 heteroatoms. The summed E-state index contributed by atoms with van der Waals surface area (Å²) in [5.41, 5.74) is 2.82. The van der Waals surface area contributed by atoms with Crippen LogP contribution < -0.4 is 10.2 Å². The zero-order valence-corrected chi connectivity index (χ0v) is 12.5. The van der Waals surface area contributed by atoms with Crippen molar-refractivity contribution in [2.75, 3.05) is 24.5 Å². The molecule has 4 rings (SSSR count). The molecule has 1 atom stereocenters.